The standard InChI is InChI=1S/C11H16N2S/c1-4-12-11(14)13(3)10-7-5-9(2)6-8-10/h5-8H,4H2,1-3H3,(H,12,14). The van der Waals surface area contributed by atoms with Gasteiger partial charge in [-0.25, -0.2) is 0 Å². The highest BCUT2D eigenvalue weighted by Crippen LogP contribution is 2.13. The Kier molecular flexibility index (Phi) is 3.89. The second-order valence-corrected chi connectivity index (χ2v) is 3.62. The Morgan fingerprint density at radius 3 is 2.43 bits per heavy atom. The van der Waals surface area contributed by atoms with E-state index in [4.69, 9.17) is 12.2 Å². The van der Waals surface area contributed by atoms with Gasteiger partial charge in [-0.15, -0.1) is 0 Å². The fourth-order valence-corrected chi connectivity index (χ4v) is 1.41. The summed E-state index contributed by atoms with van der Waals surface area (Å²) in [5.41, 5.74) is 2.37. The van der Waals surface area contributed by atoms with Crippen LogP contribution in [0.3, 0.4) is 0 Å². The maximum absolute atomic E-state index is 5.21. The molecule has 0 aromatic heterocycles. The van der Waals surface area contributed by atoms with Crippen molar-refractivity contribution in [2.75, 3.05) is 18.5 Å². The Hall–Kier alpha value is -1.09. The molecule has 76 valence electrons. The van der Waals surface area contributed by atoms with Crippen molar-refractivity contribution in [3.63, 3.8) is 0 Å². The average Bonchev–Trinajstić information content (AvgIpc) is 2.18. The average molecular weight is 208 g/mol. The van der Waals surface area contributed by atoms with Crippen LogP contribution in [0.5, 0.6) is 0 Å². The molecule has 1 aromatic carbocycles. The molecule has 0 aliphatic heterocycles. The van der Waals surface area contributed by atoms with Crippen LogP contribution >= 0.6 is 12.2 Å². The van der Waals surface area contributed by atoms with Crippen molar-refractivity contribution >= 4 is 23.0 Å². The third-order valence-corrected chi connectivity index (χ3v) is 2.47. The zero-order chi connectivity index (χ0) is 10.6. The van der Waals surface area contributed by atoms with Gasteiger partial charge in [0.25, 0.3) is 0 Å². The summed E-state index contributed by atoms with van der Waals surface area (Å²) in [6, 6.07) is 8.30. The van der Waals surface area contributed by atoms with Crippen LogP contribution in [0.25, 0.3) is 0 Å². The second kappa shape index (κ2) is 4.96. The molecule has 0 saturated heterocycles. The van der Waals surface area contributed by atoms with E-state index in [2.05, 4.69) is 36.5 Å². The van der Waals surface area contributed by atoms with E-state index in [1.54, 1.807) is 0 Å². The molecule has 2 nitrogen and oxygen atoms in total. The first-order valence-electron chi connectivity index (χ1n) is 4.73. The molecule has 14 heavy (non-hydrogen) atoms. The van der Waals surface area contributed by atoms with Crippen LogP contribution < -0.4 is 10.2 Å². The van der Waals surface area contributed by atoms with Crippen LogP contribution in [0.1, 0.15) is 12.5 Å². The predicted octanol–water partition coefficient (Wildman–Crippen LogP) is 2.33. The van der Waals surface area contributed by atoms with Crippen molar-refractivity contribution in [1.29, 1.82) is 0 Å². The first kappa shape index (κ1) is 11.0. The quantitative estimate of drug-likeness (QED) is 0.751. The van der Waals surface area contributed by atoms with E-state index in [1.165, 1.54) is 5.56 Å². The molecule has 0 aliphatic rings. The van der Waals surface area contributed by atoms with Gasteiger partial charge in [-0.2, -0.15) is 0 Å². The van der Waals surface area contributed by atoms with Crippen molar-refractivity contribution < 1.29 is 0 Å². The molecular weight excluding hydrogens is 192 g/mol. The van der Waals surface area contributed by atoms with Crippen molar-refractivity contribution in [3.8, 4) is 0 Å². The molecule has 0 unspecified atom stereocenters. The second-order valence-electron chi connectivity index (χ2n) is 3.23. The molecule has 1 aromatic rings. The van der Waals surface area contributed by atoms with Crippen LogP contribution in [0.15, 0.2) is 24.3 Å². The first-order chi connectivity index (χ1) is 6.65. The van der Waals surface area contributed by atoms with Crippen molar-refractivity contribution in [3.05, 3.63) is 29.8 Å². The molecule has 0 fully saturated rings. The van der Waals surface area contributed by atoms with Crippen LogP contribution in [0.2, 0.25) is 0 Å². The minimum atomic E-state index is 0.761. The zero-order valence-corrected chi connectivity index (χ0v) is 9.69. The highest BCUT2D eigenvalue weighted by Gasteiger charge is 2.04. The number of thiocarbonyl (C=S) groups is 1. The maximum atomic E-state index is 5.21. The number of anilines is 1. The smallest absolute Gasteiger partial charge is 0.173 e. The Morgan fingerprint density at radius 2 is 1.93 bits per heavy atom. The predicted molar refractivity (Wildman–Crippen MR) is 65.9 cm³/mol. The number of nitrogens with zero attached hydrogens (tertiary/aromatic N) is 1. The fourth-order valence-electron chi connectivity index (χ4n) is 1.16. The van der Waals surface area contributed by atoms with Crippen LogP contribution in [-0.2, 0) is 0 Å². The van der Waals surface area contributed by atoms with Crippen LogP contribution in [0.4, 0.5) is 5.69 Å². The van der Waals surface area contributed by atoms with Gasteiger partial charge in [-0.3, -0.25) is 0 Å². The summed E-state index contributed by atoms with van der Waals surface area (Å²) in [5, 5.41) is 3.88. The van der Waals surface area contributed by atoms with Gasteiger partial charge in [0.05, 0.1) is 0 Å². The van der Waals surface area contributed by atoms with Crippen molar-refractivity contribution in [2.24, 2.45) is 0 Å². The summed E-state index contributed by atoms with van der Waals surface area (Å²) in [5.74, 6) is 0. The number of hydrogen-bond acceptors (Lipinski definition) is 1. The minimum Gasteiger partial charge on any atom is -0.363 e. The summed E-state index contributed by atoms with van der Waals surface area (Å²) in [4.78, 5) is 1.97. The maximum Gasteiger partial charge on any atom is 0.173 e. The molecule has 0 radical (unpaired) electrons. The molecule has 0 heterocycles. The fraction of sp³-hybridized carbons (Fsp3) is 0.364. The lowest BCUT2D eigenvalue weighted by Crippen LogP contribution is -2.36. The van der Waals surface area contributed by atoms with Gasteiger partial charge in [0.15, 0.2) is 5.11 Å². The number of benzene rings is 1. The van der Waals surface area contributed by atoms with Gasteiger partial charge in [-0.05, 0) is 38.2 Å². The molecule has 0 spiro atoms. The van der Waals surface area contributed by atoms with Gasteiger partial charge < -0.3 is 10.2 Å². The van der Waals surface area contributed by atoms with Gasteiger partial charge in [0, 0.05) is 19.3 Å². The van der Waals surface area contributed by atoms with Gasteiger partial charge in [-0.1, -0.05) is 17.7 Å². The summed E-state index contributed by atoms with van der Waals surface area (Å²) < 4.78 is 0. The zero-order valence-electron chi connectivity index (χ0n) is 8.87. The number of rotatable bonds is 2. The third kappa shape index (κ3) is 2.70. The monoisotopic (exact) mass is 208 g/mol. The topological polar surface area (TPSA) is 15.3 Å². The Bertz CT molecular complexity index is 306. The molecular formula is C11H16N2S. The molecule has 0 saturated carbocycles. The van der Waals surface area contributed by atoms with Crippen molar-refractivity contribution in [2.45, 2.75) is 13.8 Å². The van der Waals surface area contributed by atoms with E-state index in [0.717, 1.165) is 17.3 Å². The van der Waals surface area contributed by atoms with E-state index in [-0.39, 0.29) is 0 Å². The van der Waals surface area contributed by atoms with Gasteiger partial charge in [0.1, 0.15) is 0 Å². The van der Waals surface area contributed by atoms with E-state index in [0.29, 0.717) is 0 Å². The molecule has 0 aliphatic carbocycles. The molecule has 3 heteroatoms. The third-order valence-electron chi connectivity index (χ3n) is 2.05. The van der Waals surface area contributed by atoms with E-state index < -0.39 is 0 Å². The lowest BCUT2D eigenvalue weighted by Gasteiger charge is -2.20. The minimum absolute atomic E-state index is 0.761. The van der Waals surface area contributed by atoms with Gasteiger partial charge >= 0.3 is 0 Å². The van der Waals surface area contributed by atoms with Crippen LogP contribution in [0, 0.1) is 6.92 Å². The highest BCUT2D eigenvalue weighted by atomic mass is 32.1. The summed E-state index contributed by atoms with van der Waals surface area (Å²) in [6.45, 7) is 4.97. The normalized spacial score (nSPS) is 9.64. The Balaban J connectivity index is 2.73. The van der Waals surface area contributed by atoms with E-state index in [1.807, 2.05) is 18.9 Å². The van der Waals surface area contributed by atoms with Gasteiger partial charge in [0.2, 0.25) is 0 Å². The highest BCUT2D eigenvalue weighted by molar-refractivity contribution is 7.80. The lowest BCUT2D eigenvalue weighted by molar-refractivity contribution is 0.956. The molecule has 0 bridgehead atoms. The first-order valence-corrected chi connectivity index (χ1v) is 5.14. The van der Waals surface area contributed by atoms with Crippen molar-refractivity contribution in [1.82, 2.24) is 5.32 Å². The Labute approximate surface area is 90.9 Å². The largest absolute Gasteiger partial charge is 0.363 e. The summed E-state index contributed by atoms with van der Waals surface area (Å²) in [6.07, 6.45) is 0. The lowest BCUT2D eigenvalue weighted by atomic mass is 10.2. The molecule has 1 N–H and O–H groups in total. The molecule has 0 atom stereocenters. The SMILES string of the molecule is CCNC(=S)N(C)c1ccc(C)cc1. The summed E-state index contributed by atoms with van der Waals surface area (Å²) >= 11 is 5.21. The number of hydrogen-bond donors (Lipinski definition) is 1. The van der Waals surface area contributed by atoms with E-state index in [9.17, 15) is 0 Å². The molecule has 1 rings (SSSR count). The van der Waals surface area contributed by atoms with E-state index >= 15 is 0 Å². The van der Waals surface area contributed by atoms with Crippen LogP contribution in [-0.4, -0.2) is 18.7 Å². The number of aryl methyl sites for hydroxylation is 1. The number of nitrogens with one attached hydrogen (secondary N) is 1. The summed E-state index contributed by atoms with van der Waals surface area (Å²) in [7, 11) is 1.97. The molecule has 0 amide bonds. The Morgan fingerprint density at radius 1 is 1.36 bits per heavy atom.